The van der Waals surface area contributed by atoms with Crippen molar-refractivity contribution in [3.05, 3.63) is 0 Å². The molecule has 20 heavy (non-hydrogen) atoms. The van der Waals surface area contributed by atoms with Crippen LogP contribution in [0.2, 0.25) is 0 Å². The van der Waals surface area contributed by atoms with Gasteiger partial charge in [-0.25, -0.2) is 0 Å². The highest BCUT2D eigenvalue weighted by Gasteiger charge is 2.05. The molecule has 0 spiro atoms. The van der Waals surface area contributed by atoms with Gasteiger partial charge in [0.2, 0.25) is 5.91 Å². The molecule has 0 saturated carbocycles. The molecule has 9 nitrogen and oxygen atoms in total. The van der Waals surface area contributed by atoms with Gasteiger partial charge in [-0.05, 0) is 6.42 Å². The fourth-order valence-electron chi connectivity index (χ4n) is 0.854. The van der Waals surface area contributed by atoms with E-state index in [0.29, 0.717) is 13.2 Å². The number of aliphatic hydroxyl groups is 5. The maximum absolute atomic E-state index is 10.1. The minimum atomic E-state index is -0.954. The Balaban J connectivity index is -0.000000212. The summed E-state index contributed by atoms with van der Waals surface area (Å²) in [6.45, 7) is 0.854. The van der Waals surface area contributed by atoms with E-state index in [9.17, 15) is 4.79 Å². The average Bonchev–Trinajstić information content (AvgIpc) is 2.91. The third-order valence-electron chi connectivity index (χ3n) is 1.80. The third-order valence-corrected chi connectivity index (χ3v) is 1.80. The number of nitrogens with one attached hydrogen (secondary N) is 1. The number of rotatable bonds is 6. The van der Waals surface area contributed by atoms with Crippen LogP contribution in [0.5, 0.6) is 0 Å². The van der Waals surface area contributed by atoms with Gasteiger partial charge in [-0.15, -0.1) is 0 Å². The molecule has 0 atom stereocenters. The minimum Gasteiger partial charge on any atom is -0.412 e. The molecule has 1 amide bonds. The van der Waals surface area contributed by atoms with Gasteiger partial charge in [-0.1, -0.05) is 0 Å². The number of carbonyl (C=O) groups excluding carboxylic acids is 1. The van der Waals surface area contributed by atoms with Gasteiger partial charge in [-0.3, -0.25) is 4.79 Å². The lowest BCUT2D eigenvalue weighted by molar-refractivity contribution is -0.119. The fourth-order valence-corrected chi connectivity index (χ4v) is 0.854. The second-order valence-electron chi connectivity index (χ2n) is 3.53. The van der Waals surface area contributed by atoms with Crippen LogP contribution in [0.1, 0.15) is 12.8 Å². The largest absolute Gasteiger partial charge is 0.412 e. The highest BCUT2D eigenvalue weighted by Crippen LogP contribution is 1.93. The minimum absolute atomic E-state index is 0. The Kier molecular flexibility index (Phi) is 24.8. The van der Waals surface area contributed by atoms with Crippen molar-refractivity contribution in [1.29, 1.82) is 0 Å². The SMILES string of the molecule is O.O=C1CCCN1.OCC(O)CO.OCCOCCO. The molecular formula is C11H27NO8. The molecule has 0 aliphatic carbocycles. The Morgan fingerprint density at radius 1 is 1.10 bits per heavy atom. The standard InChI is InChI=1S/C4H7NO.C4H10O3.C3H8O3.H2O/c6-4-2-1-3-5-4;5-1-3-7-4-2-6;4-1-3(6)2-5;/h1-3H2,(H,5,6);5-6H,1-4H2;3-6H,1-2H2;1H2. The van der Waals surface area contributed by atoms with Gasteiger partial charge in [-0.2, -0.15) is 0 Å². The monoisotopic (exact) mass is 301 g/mol. The number of aliphatic hydroxyl groups excluding tert-OH is 5. The number of hydrogen-bond donors (Lipinski definition) is 6. The van der Waals surface area contributed by atoms with Crippen LogP contribution in [0, 0.1) is 0 Å². The van der Waals surface area contributed by atoms with Gasteiger partial charge in [0.25, 0.3) is 0 Å². The molecule has 1 rings (SSSR count). The predicted octanol–water partition coefficient (Wildman–Crippen LogP) is -3.61. The van der Waals surface area contributed by atoms with Crippen molar-refractivity contribution in [2.24, 2.45) is 0 Å². The summed E-state index contributed by atoms with van der Waals surface area (Å²) < 4.78 is 4.63. The zero-order chi connectivity index (χ0) is 14.9. The molecule has 0 aromatic rings. The molecule has 1 saturated heterocycles. The van der Waals surface area contributed by atoms with E-state index in [2.05, 4.69) is 10.1 Å². The lowest BCUT2D eigenvalue weighted by atomic mass is 10.4. The molecule has 1 aliphatic rings. The molecule has 1 aliphatic heterocycles. The molecule has 9 heteroatoms. The Hall–Kier alpha value is -0.810. The summed E-state index contributed by atoms with van der Waals surface area (Å²) >= 11 is 0. The van der Waals surface area contributed by atoms with Crippen molar-refractivity contribution >= 4 is 5.91 Å². The van der Waals surface area contributed by atoms with Crippen molar-refractivity contribution in [3.8, 4) is 0 Å². The molecule has 0 unspecified atom stereocenters. The first kappa shape index (κ1) is 24.2. The van der Waals surface area contributed by atoms with Crippen molar-refractivity contribution in [2.45, 2.75) is 18.9 Å². The summed E-state index contributed by atoms with van der Waals surface area (Å²) in [5, 5.41) is 42.9. The zero-order valence-corrected chi connectivity index (χ0v) is 11.5. The number of carbonyl (C=O) groups is 1. The second kappa shape index (κ2) is 20.5. The van der Waals surface area contributed by atoms with Crippen LogP contribution in [0.4, 0.5) is 0 Å². The van der Waals surface area contributed by atoms with Gasteiger partial charge >= 0.3 is 0 Å². The van der Waals surface area contributed by atoms with Crippen LogP contribution < -0.4 is 5.32 Å². The van der Waals surface area contributed by atoms with Crippen molar-refractivity contribution < 1.29 is 40.5 Å². The molecule has 1 heterocycles. The van der Waals surface area contributed by atoms with E-state index < -0.39 is 6.10 Å². The summed E-state index contributed by atoms with van der Waals surface area (Å²) in [5.41, 5.74) is 0. The van der Waals surface area contributed by atoms with Gasteiger partial charge in [0.1, 0.15) is 6.10 Å². The van der Waals surface area contributed by atoms with E-state index in [0.717, 1.165) is 19.4 Å². The summed E-state index contributed by atoms with van der Waals surface area (Å²) in [4.78, 5) is 10.1. The molecule has 0 aromatic carbocycles. The Morgan fingerprint density at radius 3 is 1.75 bits per heavy atom. The normalized spacial score (nSPS) is 12.6. The Bertz CT molecular complexity index is 177. The lowest BCUT2D eigenvalue weighted by Gasteiger charge is -1.96. The molecule has 8 N–H and O–H groups in total. The third kappa shape index (κ3) is 22.4. The highest BCUT2D eigenvalue weighted by molar-refractivity contribution is 5.77. The van der Waals surface area contributed by atoms with E-state index in [1.807, 2.05) is 0 Å². The number of ether oxygens (including phenoxy) is 1. The first-order valence-electron chi connectivity index (χ1n) is 6.08. The summed E-state index contributed by atoms with van der Waals surface area (Å²) in [6.07, 6.45) is 0.809. The van der Waals surface area contributed by atoms with Crippen molar-refractivity contribution in [1.82, 2.24) is 5.32 Å². The topological polar surface area (TPSA) is 171 Å². The first-order valence-corrected chi connectivity index (χ1v) is 6.08. The van der Waals surface area contributed by atoms with Gasteiger partial charge in [0.15, 0.2) is 0 Å². The number of hydrogen-bond acceptors (Lipinski definition) is 7. The van der Waals surface area contributed by atoms with E-state index >= 15 is 0 Å². The summed E-state index contributed by atoms with van der Waals surface area (Å²) in [6, 6.07) is 0. The van der Waals surface area contributed by atoms with E-state index in [1.165, 1.54) is 0 Å². The van der Waals surface area contributed by atoms with Gasteiger partial charge in [0.05, 0.1) is 39.6 Å². The van der Waals surface area contributed by atoms with Crippen LogP contribution in [-0.2, 0) is 9.53 Å². The molecule has 0 aromatic heterocycles. The quantitative estimate of drug-likeness (QED) is 0.275. The van der Waals surface area contributed by atoms with Crippen LogP contribution in [0.25, 0.3) is 0 Å². The van der Waals surface area contributed by atoms with Crippen LogP contribution in [0.3, 0.4) is 0 Å². The zero-order valence-electron chi connectivity index (χ0n) is 11.5. The maximum Gasteiger partial charge on any atom is 0.220 e. The highest BCUT2D eigenvalue weighted by atomic mass is 16.5. The van der Waals surface area contributed by atoms with Crippen molar-refractivity contribution in [2.75, 3.05) is 46.2 Å². The molecule has 1 fully saturated rings. The summed E-state index contributed by atoms with van der Waals surface area (Å²) in [5.74, 6) is 0.204. The van der Waals surface area contributed by atoms with Gasteiger partial charge < -0.3 is 41.1 Å². The van der Waals surface area contributed by atoms with Crippen LogP contribution in [0.15, 0.2) is 0 Å². The molecule has 0 bridgehead atoms. The average molecular weight is 301 g/mol. The Morgan fingerprint density at radius 2 is 1.60 bits per heavy atom. The lowest BCUT2D eigenvalue weighted by Crippen LogP contribution is -2.15. The molecule has 124 valence electrons. The van der Waals surface area contributed by atoms with E-state index in [4.69, 9.17) is 25.5 Å². The predicted molar refractivity (Wildman–Crippen MR) is 71.0 cm³/mol. The molecular weight excluding hydrogens is 274 g/mol. The van der Waals surface area contributed by atoms with E-state index in [-0.39, 0.29) is 37.8 Å². The summed E-state index contributed by atoms with van der Waals surface area (Å²) in [7, 11) is 0. The van der Waals surface area contributed by atoms with Gasteiger partial charge in [0, 0.05) is 13.0 Å². The molecule has 0 radical (unpaired) electrons. The number of amides is 1. The van der Waals surface area contributed by atoms with Crippen LogP contribution in [-0.4, -0.2) is 89.2 Å². The second-order valence-corrected chi connectivity index (χ2v) is 3.53. The fraction of sp³-hybridized carbons (Fsp3) is 0.909. The Labute approximate surface area is 118 Å². The van der Waals surface area contributed by atoms with E-state index in [1.54, 1.807) is 0 Å². The van der Waals surface area contributed by atoms with Crippen LogP contribution >= 0.6 is 0 Å². The first-order chi connectivity index (χ1) is 9.12. The smallest absolute Gasteiger partial charge is 0.220 e. The maximum atomic E-state index is 10.1. The van der Waals surface area contributed by atoms with Crippen molar-refractivity contribution in [3.63, 3.8) is 0 Å².